The Morgan fingerprint density at radius 2 is 1.85 bits per heavy atom. The number of nitrogens with one attached hydrogen (secondary N) is 2. The zero-order valence-electron chi connectivity index (χ0n) is 16.8. The third-order valence-electron chi connectivity index (χ3n) is 3.99. The number of rotatable bonds is 10. The SMILES string of the molecule is C=CCOc1ccccc1CNC(=NC)NCCN(C(C)C)C(C)C.I. The molecular weight excluding hydrogens is 439 g/mol. The molecule has 148 valence electrons. The molecule has 6 heteroatoms. The summed E-state index contributed by atoms with van der Waals surface area (Å²) in [4.78, 5) is 6.76. The first kappa shape index (κ1) is 24.7. The van der Waals surface area contributed by atoms with Crippen LogP contribution in [0, 0.1) is 0 Å². The highest BCUT2D eigenvalue weighted by atomic mass is 127. The minimum atomic E-state index is 0. The zero-order valence-corrected chi connectivity index (χ0v) is 19.1. The molecule has 1 aromatic rings. The van der Waals surface area contributed by atoms with Gasteiger partial charge in [0.25, 0.3) is 0 Å². The molecule has 0 aromatic heterocycles. The van der Waals surface area contributed by atoms with Gasteiger partial charge in [-0.25, -0.2) is 0 Å². The standard InChI is InChI=1S/C20H34N4O.HI/c1-7-14-25-19-11-9-8-10-18(19)15-23-20(21-6)22-12-13-24(16(2)3)17(4)5;/h7-11,16-17H,1,12-15H2,2-6H3,(H2,21,22,23);1H. The third-order valence-corrected chi connectivity index (χ3v) is 3.99. The van der Waals surface area contributed by atoms with E-state index in [2.05, 4.69) is 60.9 Å². The van der Waals surface area contributed by atoms with E-state index in [1.165, 1.54) is 0 Å². The molecule has 0 heterocycles. The third kappa shape index (κ3) is 8.89. The van der Waals surface area contributed by atoms with E-state index in [9.17, 15) is 0 Å². The first-order valence-corrected chi connectivity index (χ1v) is 9.01. The number of hydrogen-bond donors (Lipinski definition) is 2. The minimum Gasteiger partial charge on any atom is -0.489 e. The molecule has 1 rings (SSSR count). The number of ether oxygens (including phenoxy) is 1. The molecule has 5 nitrogen and oxygen atoms in total. The van der Waals surface area contributed by atoms with Gasteiger partial charge in [-0.1, -0.05) is 30.9 Å². The molecule has 1 aromatic carbocycles. The first-order chi connectivity index (χ1) is 12.0. The van der Waals surface area contributed by atoms with E-state index in [0.717, 1.165) is 30.4 Å². The highest BCUT2D eigenvalue weighted by Crippen LogP contribution is 2.17. The quantitative estimate of drug-likeness (QED) is 0.235. The van der Waals surface area contributed by atoms with Crippen LogP contribution in [0.4, 0.5) is 0 Å². The lowest BCUT2D eigenvalue weighted by atomic mass is 10.2. The molecule has 0 saturated carbocycles. The van der Waals surface area contributed by atoms with Crippen molar-refractivity contribution in [2.45, 2.75) is 46.3 Å². The molecule has 0 aliphatic rings. The van der Waals surface area contributed by atoms with Gasteiger partial charge < -0.3 is 15.4 Å². The summed E-state index contributed by atoms with van der Waals surface area (Å²) in [7, 11) is 1.79. The smallest absolute Gasteiger partial charge is 0.191 e. The van der Waals surface area contributed by atoms with Crippen molar-refractivity contribution in [2.75, 3.05) is 26.7 Å². The number of aliphatic imine (C=N–C) groups is 1. The number of nitrogens with zero attached hydrogens (tertiary/aromatic N) is 2. The molecule has 0 atom stereocenters. The van der Waals surface area contributed by atoms with Gasteiger partial charge in [-0.05, 0) is 33.8 Å². The number of guanidine groups is 1. The second-order valence-electron chi connectivity index (χ2n) is 6.49. The second kappa shape index (κ2) is 13.9. The van der Waals surface area contributed by atoms with Crippen LogP contribution >= 0.6 is 24.0 Å². The van der Waals surface area contributed by atoms with Gasteiger partial charge in [0.1, 0.15) is 12.4 Å². The summed E-state index contributed by atoms with van der Waals surface area (Å²) in [5.74, 6) is 1.67. The van der Waals surface area contributed by atoms with Crippen LogP contribution in [0.25, 0.3) is 0 Å². The molecule has 0 aliphatic heterocycles. The Morgan fingerprint density at radius 1 is 1.19 bits per heavy atom. The van der Waals surface area contributed by atoms with Gasteiger partial charge in [0.05, 0.1) is 0 Å². The van der Waals surface area contributed by atoms with Crippen LogP contribution in [0.1, 0.15) is 33.3 Å². The molecule has 0 unspecified atom stereocenters. The Balaban J connectivity index is 0.00000625. The lowest BCUT2D eigenvalue weighted by Gasteiger charge is -2.30. The van der Waals surface area contributed by atoms with Gasteiger partial charge in [0.15, 0.2) is 5.96 Å². The monoisotopic (exact) mass is 474 g/mol. The summed E-state index contributed by atoms with van der Waals surface area (Å²) in [6, 6.07) is 9.08. The Bertz CT molecular complexity index is 538. The van der Waals surface area contributed by atoms with Crippen molar-refractivity contribution < 1.29 is 4.74 Å². The lowest BCUT2D eigenvalue weighted by molar-refractivity contribution is 0.178. The molecule has 0 spiro atoms. The van der Waals surface area contributed by atoms with Crippen LogP contribution in [0.5, 0.6) is 5.75 Å². The van der Waals surface area contributed by atoms with Crippen molar-refractivity contribution in [3.63, 3.8) is 0 Å². The highest BCUT2D eigenvalue weighted by Gasteiger charge is 2.12. The van der Waals surface area contributed by atoms with Crippen LogP contribution in [0.2, 0.25) is 0 Å². The first-order valence-electron chi connectivity index (χ1n) is 9.01. The zero-order chi connectivity index (χ0) is 18.7. The van der Waals surface area contributed by atoms with Crippen molar-refractivity contribution in [1.29, 1.82) is 0 Å². The lowest BCUT2D eigenvalue weighted by Crippen LogP contribution is -2.45. The summed E-state index contributed by atoms with van der Waals surface area (Å²) in [5, 5.41) is 6.73. The predicted molar refractivity (Wildman–Crippen MR) is 123 cm³/mol. The number of halogens is 1. The van der Waals surface area contributed by atoms with Crippen molar-refractivity contribution in [3.05, 3.63) is 42.5 Å². The number of para-hydroxylation sites is 1. The normalized spacial score (nSPS) is 11.5. The number of hydrogen-bond acceptors (Lipinski definition) is 3. The summed E-state index contributed by atoms with van der Waals surface area (Å²) in [6.45, 7) is 15.6. The second-order valence-corrected chi connectivity index (χ2v) is 6.49. The van der Waals surface area contributed by atoms with Crippen molar-refractivity contribution in [1.82, 2.24) is 15.5 Å². The van der Waals surface area contributed by atoms with Gasteiger partial charge in [0, 0.05) is 44.3 Å². The predicted octanol–water partition coefficient (Wildman–Crippen LogP) is 3.65. The fourth-order valence-electron chi connectivity index (χ4n) is 2.76. The Kier molecular flexibility index (Phi) is 13.2. The van der Waals surface area contributed by atoms with E-state index >= 15 is 0 Å². The van der Waals surface area contributed by atoms with Crippen LogP contribution in [-0.2, 0) is 6.54 Å². The van der Waals surface area contributed by atoms with E-state index in [-0.39, 0.29) is 24.0 Å². The van der Waals surface area contributed by atoms with E-state index < -0.39 is 0 Å². The van der Waals surface area contributed by atoms with E-state index in [0.29, 0.717) is 25.2 Å². The van der Waals surface area contributed by atoms with Crippen molar-refractivity contribution in [2.24, 2.45) is 4.99 Å². The van der Waals surface area contributed by atoms with Crippen molar-refractivity contribution >= 4 is 29.9 Å². The van der Waals surface area contributed by atoms with Gasteiger partial charge in [-0.3, -0.25) is 9.89 Å². The Morgan fingerprint density at radius 3 is 2.42 bits per heavy atom. The molecular formula is C20H35IN4O. The van der Waals surface area contributed by atoms with Gasteiger partial charge in [-0.15, -0.1) is 24.0 Å². The maximum absolute atomic E-state index is 5.69. The molecule has 0 radical (unpaired) electrons. The molecule has 0 aliphatic carbocycles. The molecule has 0 amide bonds. The fraction of sp³-hybridized carbons (Fsp3) is 0.550. The summed E-state index contributed by atoms with van der Waals surface area (Å²) < 4.78 is 5.69. The molecule has 0 saturated heterocycles. The molecule has 2 N–H and O–H groups in total. The van der Waals surface area contributed by atoms with Gasteiger partial charge in [0.2, 0.25) is 0 Å². The van der Waals surface area contributed by atoms with Crippen LogP contribution in [0.3, 0.4) is 0 Å². The van der Waals surface area contributed by atoms with E-state index in [4.69, 9.17) is 4.74 Å². The summed E-state index contributed by atoms with van der Waals surface area (Å²) >= 11 is 0. The maximum Gasteiger partial charge on any atom is 0.191 e. The highest BCUT2D eigenvalue weighted by molar-refractivity contribution is 14.0. The van der Waals surface area contributed by atoms with E-state index in [1.54, 1.807) is 13.1 Å². The van der Waals surface area contributed by atoms with Crippen LogP contribution in [0.15, 0.2) is 41.9 Å². The Labute approximate surface area is 176 Å². The largest absolute Gasteiger partial charge is 0.489 e. The molecule has 26 heavy (non-hydrogen) atoms. The minimum absolute atomic E-state index is 0. The van der Waals surface area contributed by atoms with E-state index in [1.807, 2.05) is 18.2 Å². The average Bonchev–Trinajstić information content (AvgIpc) is 2.59. The molecule has 0 fully saturated rings. The van der Waals surface area contributed by atoms with Crippen molar-refractivity contribution in [3.8, 4) is 5.75 Å². The number of benzene rings is 1. The van der Waals surface area contributed by atoms with Crippen LogP contribution in [-0.4, -0.2) is 49.7 Å². The average molecular weight is 474 g/mol. The maximum atomic E-state index is 5.69. The summed E-state index contributed by atoms with van der Waals surface area (Å²) in [6.07, 6.45) is 1.75. The fourth-order valence-corrected chi connectivity index (χ4v) is 2.76. The molecule has 0 bridgehead atoms. The van der Waals surface area contributed by atoms with Gasteiger partial charge >= 0.3 is 0 Å². The Hall–Kier alpha value is -1.28. The van der Waals surface area contributed by atoms with Crippen LogP contribution < -0.4 is 15.4 Å². The summed E-state index contributed by atoms with van der Waals surface area (Å²) in [5.41, 5.74) is 1.10. The topological polar surface area (TPSA) is 48.9 Å². The van der Waals surface area contributed by atoms with Gasteiger partial charge in [-0.2, -0.15) is 0 Å².